The van der Waals surface area contributed by atoms with Crippen LogP contribution in [0.15, 0.2) is 18.2 Å². The van der Waals surface area contributed by atoms with E-state index in [1.54, 1.807) is 0 Å². The number of carbonyl (C=O) groups excluding carboxylic acids is 1. The van der Waals surface area contributed by atoms with Crippen molar-refractivity contribution in [3.8, 4) is 0 Å². The van der Waals surface area contributed by atoms with Gasteiger partial charge < -0.3 is 0 Å². The number of hydrogen-bond acceptors (Lipinski definition) is 1. The highest BCUT2D eigenvalue weighted by atomic mass is 16.1. The summed E-state index contributed by atoms with van der Waals surface area (Å²) in [6, 6.07) is 6.63. The third kappa shape index (κ3) is 1.47. The molecule has 1 aliphatic heterocycles. The normalized spacial score (nSPS) is 45.0. The fourth-order valence-corrected chi connectivity index (χ4v) is 7.15. The third-order valence-corrected chi connectivity index (χ3v) is 7.49. The molecule has 5 aliphatic rings. The Morgan fingerprint density at radius 1 is 1.09 bits per heavy atom. The Kier molecular flexibility index (Phi) is 2.56. The number of amides is 1. The number of nitrogens with zero attached hydrogens (tertiary/aromatic N) is 1. The molecule has 0 saturated heterocycles. The number of rotatable bonds is 2. The van der Waals surface area contributed by atoms with Crippen molar-refractivity contribution in [1.29, 1.82) is 0 Å². The molecule has 1 unspecified atom stereocenters. The molecular formula is C20H26NO+. The lowest BCUT2D eigenvalue weighted by molar-refractivity contribution is -0.134. The summed E-state index contributed by atoms with van der Waals surface area (Å²) in [4.78, 5) is 12.5. The molecule has 2 nitrogen and oxygen atoms in total. The van der Waals surface area contributed by atoms with Crippen LogP contribution in [0.4, 0.5) is 5.69 Å². The van der Waals surface area contributed by atoms with Crippen LogP contribution in [0.5, 0.6) is 0 Å². The molecule has 116 valence electrons. The molecule has 1 aromatic carbocycles. The summed E-state index contributed by atoms with van der Waals surface area (Å²) in [6.07, 6.45) is 10.6. The van der Waals surface area contributed by atoms with Crippen molar-refractivity contribution in [2.75, 3.05) is 6.54 Å². The van der Waals surface area contributed by atoms with E-state index in [0.29, 0.717) is 4.48 Å². The molecule has 1 heterocycles. The lowest BCUT2D eigenvalue weighted by atomic mass is 9.52. The number of carbonyl (C=O) groups is 1. The predicted octanol–water partition coefficient (Wildman–Crippen LogP) is 3.98. The minimum Gasteiger partial charge on any atom is -0.233 e. The average molecular weight is 296 g/mol. The maximum Gasteiger partial charge on any atom is 0.307 e. The van der Waals surface area contributed by atoms with Gasteiger partial charge in [-0.05, 0) is 43.9 Å². The second-order valence-electron chi connectivity index (χ2n) is 8.67. The van der Waals surface area contributed by atoms with E-state index in [2.05, 4.69) is 25.1 Å². The molecular weight excluding hydrogens is 270 g/mol. The monoisotopic (exact) mass is 296 g/mol. The second kappa shape index (κ2) is 4.23. The smallest absolute Gasteiger partial charge is 0.233 e. The molecule has 4 bridgehead atoms. The Morgan fingerprint density at radius 2 is 1.73 bits per heavy atom. The van der Waals surface area contributed by atoms with Gasteiger partial charge in [0.25, 0.3) is 0 Å². The fraction of sp³-hybridized carbons (Fsp3) is 0.650. The van der Waals surface area contributed by atoms with Crippen LogP contribution in [0.3, 0.4) is 0 Å². The van der Waals surface area contributed by atoms with Crippen LogP contribution in [0.25, 0.3) is 0 Å². The number of benzene rings is 1. The van der Waals surface area contributed by atoms with Crippen LogP contribution < -0.4 is 4.48 Å². The first kappa shape index (κ1) is 13.3. The maximum absolute atomic E-state index is 12.5. The molecule has 0 spiro atoms. The van der Waals surface area contributed by atoms with E-state index in [9.17, 15) is 4.79 Å². The summed E-state index contributed by atoms with van der Waals surface area (Å²) in [5.41, 5.74) is 4.37. The molecule has 0 N–H and O–H groups in total. The van der Waals surface area contributed by atoms with Gasteiger partial charge in [0.1, 0.15) is 11.2 Å². The van der Waals surface area contributed by atoms with Gasteiger partial charge >= 0.3 is 6.41 Å². The van der Waals surface area contributed by atoms with Gasteiger partial charge in [-0.2, -0.15) is 0 Å². The minimum atomic E-state index is 0.230. The van der Waals surface area contributed by atoms with Crippen LogP contribution in [0.2, 0.25) is 0 Å². The van der Waals surface area contributed by atoms with E-state index in [4.69, 9.17) is 0 Å². The van der Waals surface area contributed by atoms with Crippen molar-refractivity contribution in [3.05, 3.63) is 29.3 Å². The number of para-hydroxylation sites is 1. The Bertz CT molecular complexity index is 614. The van der Waals surface area contributed by atoms with Crippen LogP contribution in [0, 0.1) is 24.7 Å². The molecule has 0 aromatic heterocycles. The summed E-state index contributed by atoms with van der Waals surface area (Å²) in [7, 11) is 0. The zero-order chi connectivity index (χ0) is 14.9. The average Bonchev–Trinajstić information content (AvgIpc) is 2.88. The summed E-state index contributed by atoms with van der Waals surface area (Å²) in [5.74, 6) is 2.69. The van der Waals surface area contributed by atoms with Gasteiger partial charge in [0.2, 0.25) is 0 Å². The van der Waals surface area contributed by atoms with Gasteiger partial charge in [-0.3, -0.25) is 0 Å². The van der Waals surface area contributed by atoms with E-state index >= 15 is 0 Å². The largest absolute Gasteiger partial charge is 0.307 e. The molecule has 4 saturated carbocycles. The topological polar surface area (TPSA) is 17.1 Å². The van der Waals surface area contributed by atoms with Crippen molar-refractivity contribution >= 4 is 12.1 Å². The van der Waals surface area contributed by atoms with Crippen molar-refractivity contribution in [3.63, 3.8) is 0 Å². The number of hydrogen-bond donors (Lipinski definition) is 0. The van der Waals surface area contributed by atoms with Gasteiger partial charge in [-0.25, -0.2) is 9.28 Å². The highest BCUT2D eigenvalue weighted by Crippen LogP contribution is 2.61. The van der Waals surface area contributed by atoms with Crippen molar-refractivity contribution in [2.45, 2.75) is 57.4 Å². The second-order valence-corrected chi connectivity index (χ2v) is 8.67. The third-order valence-electron chi connectivity index (χ3n) is 7.49. The molecule has 0 radical (unpaired) electrons. The van der Waals surface area contributed by atoms with Crippen molar-refractivity contribution in [1.82, 2.24) is 4.48 Å². The van der Waals surface area contributed by atoms with Crippen LogP contribution >= 0.6 is 0 Å². The van der Waals surface area contributed by atoms with Gasteiger partial charge in [-0.1, -0.05) is 18.2 Å². The SMILES string of the molecule is Cc1cccc2c1[N+](C=O)(C13CC4CC(CC(C4)C1)C3)CC2. The summed E-state index contributed by atoms with van der Waals surface area (Å²) >= 11 is 0. The molecule has 22 heavy (non-hydrogen) atoms. The van der Waals surface area contributed by atoms with Crippen LogP contribution in [0.1, 0.15) is 49.7 Å². The van der Waals surface area contributed by atoms with Crippen LogP contribution in [-0.2, 0) is 11.2 Å². The van der Waals surface area contributed by atoms with Gasteiger partial charge in [0.05, 0.1) is 6.54 Å². The van der Waals surface area contributed by atoms with E-state index in [1.807, 2.05) is 0 Å². The van der Waals surface area contributed by atoms with E-state index in [1.165, 1.54) is 61.7 Å². The quantitative estimate of drug-likeness (QED) is 0.596. The standard InChI is InChI=1S/C20H26NO/c1-14-3-2-4-18-5-6-21(13-22,19(14)18)20-10-15-7-16(11-20)9-17(8-15)12-20/h2-4,13,15-17H,5-12H2,1H3/q+1. The van der Waals surface area contributed by atoms with E-state index in [0.717, 1.165) is 30.7 Å². The summed E-state index contributed by atoms with van der Waals surface area (Å²) in [6.45, 7) is 3.22. The molecule has 2 heteroatoms. The minimum absolute atomic E-state index is 0.230. The molecule has 1 amide bonds. The summed E-state index contributed by atoms with van der Waals surface area (Å²) in [5, 5.41) is 0. The van der Waals surface area contributed by atoms with Gasteiger partial charge in [0.15, 0.2) is 0 Å². The first-order valence-electron chi connectivity index (χ1n) is 9.09. The highest BCUT2D eigenvalue weighted by molar-refractivity contribution is 5.78. The zero-order valence-corrected chi connectivity index (χ0v) is 13.6. The number of aryl methyl sites for hydroxylation is 1. The predicted molar refractivity (Wildman–Crippen MR) is 88.5 cm³/mol. The Balaban J connectivity index is 1.70. The maximum atomic E-state index is 12.5. The summed E-state index contributed by atoms with van der Waals surface area (Å²) < 4.78 is 0.665. The van der Waals surface area contributed by atoms with Gasteiger partial charge in [0, 0.05) is 36.8 Å². The highest BCUT2D eigenvalue weighted by Gasteiger charge is 2.64. The molecule has 6 rings (SSSR count). The van der Waals surface area contributed by atoms with Gasteiger partial charge in [-0.15, -0.1) is 0 Å². The Morgan fingerprint density at radius 3 is 2.32 bits per heavy atom. The lowest BCUT2D eigenvalue weighted by Crippen LogP contribution is -2.70. The molecule has 4 fully saturated rings. The van der Waals surface area contributed by atoms with Crippen molar-refractivity contribution in [2.24, 2.45) is 17.8 Å². The zero-order valence-electron chi connectivity index (χ0n) is 13.6. The number of fused-ring (bicyclic) bond motifs is 1. The molecule has 1 aromatic rings. The van der Waals surface area contributed by atoms with E-state index in [-0.39, 0.29) is 5.54 Å². The Hall–Kier alpha value is -1.15. The first-order valence-corrected chi connectivity index (χ1v) is 9.09. The van der Waals surface area contributed by atoms with Crippen molar-refractivity contribution < 1.29 is 4.79 Å². The van der Waals surface area contributed by atoms with E-state index < -0.39 is 0 Å². The van der Waals surface area contributed by atoms with Crippen LogP contribution in [-0.4, -0.2) is 18.5 Å². The first-order chi connectivity index (χ1) is 10.7. The molecule has 4 aliphatic carbocycles. The Labute approximate surface area is 133 Å². The fourth-order valence-electron chi connectivity index (χ4n) is 7.15. The molecule has 1 atom stereocenters. The number of quaternary nitrogens is 1. The lowest BCUT2D eigenvalue weighted by Gasteiger charge is -2.61.